The SMILES string of the molecule is CCOc1ccc(C(=O)Nc2cc(Cl)cc(Cl)c2)cc1CN(c1ccc(F)cc1)S(C)(=O)=O. The van der Waals surface area contributed by atoms with E-state index in [1.807, 2.05) is 0 Å². The van der Waals surface area contributed by atoms with Gasteiger partial charge < -0.3 is 10.1 Å². The highest BCUT2D eigenvalue weighted by Crippen LogP contribution is 2.28. The number of nitrogens with one attached hydrogen (secondary N) is 1. The molecule has 1 amide bonds. The van der Waals surface area contributed by atoms with E-state index in [9.17, 15) is 17.6 Å². The second-order valence-corrected chi connectivity index (χ2v) is 9.89. The normalized spacial score (nSPS) is 11.2. The molecule has 0 atom stereocenters. The Morgan fingerprint density at radius 1 is 1.03 bits per heavy atom. The van der Waals surface area contributed by atoms with E-state index in [-0.39, 0.29) is 17.8 Å². The molecule has 3 aromatic carbocycles. The molecule has 0 aliphatic rings. The van der Waals surface area contributed by atoms with Crippen molar-refractivity contribution >= 4 is 50.5 Å². The highest BCUT2D eigenvalue weighted by atomic mass is 35.5. The molecule has 6 nitrogen and oxygen atoms in total. The smallest absolute Gasteiger partial charge is 0.255 e. The molecular weight excluding hydrogens is 490 g/mol. The van der Waals surface area contributed by atoms with Crippen LogP contribution in [0.2, 0.25) is 10.0 Å². The molecular formula is C23H21Cl2FN2O4S. The summed E-state index contributed by atoms with van der Waals surface area (Å²) in [5.74, 6) is -0.497. The molecule has 3 rings (SSSR count). The van der Waals surface area contributed by atoms with E-state index >= 15 is 0 Å². The summed E-state index contributed by atoms with van der Waals surface area (Å²) < 4.78 is 45.1. The van der Waals surface area contributed by atoms with Crippen LogP contribution in [0.4, 0.5) is 15.8 Å². The number of anilines is 2. The molecule has 0 aromatic heterocycles. The van der Waals surface area contributed by atoms with Gasteiger partial charge in [0, 0.05) is 26.9 Å². The third kappa shape index (κ3) is 6.60. The van der Waals surface area contributed by atoms with Gasteiger partial charge in [0.1, 0.15) is 11.6 Å². The zero-order valence-electron chi connectivity index (χ0n) is 17.8. The van der Waals surface area contributed by atoms with Crippen LogP contribution in [0.5, 0.6) is 5.75 Å². The number of hydrogen-bond donors (Lipinski definition) is 1. The number of halogens is 3. The molecule has 0 aliphatic carbocycles. The summed E-state index contributed by atoms with van der Waals surface area (Å²) in [5.41, 5.74) is 1.43. The first-order chi connectivity index (χ1) is 15.6. The molecule has 0 radical (unpaired) electrons. The van der Waals surface area contributed by atoms with Crippen LogP contribution in [0, 0.1) is 5.82 Å². The number of carbonyl (C=O) groups excluding carboxylic acids is 1. The summed E-state index contributed by atoms with van der Waals surface area (Å²) >= 11 is 12.0. The number of carbonyl (C=O) groups is 1. The van der Waals surface area contributed by atoms with E-state index in [0.717, 1.165) is 10.6 Å². The van der Waals surface area contributed by atoms with Gasteiger partial charge >= 0.3 is 0 Å². The molecule has 33 heavy (non-hydrogen) atoms. The predicted molar refractivity (Wildman–Crippen MR) is 129 cm³/mol. The zero-order valence-corrected chi connectivity index (χ0v) is 20.1. The molecule has 0 bridgehead atoms. The third-order valence-electron chi connectivity index (χ3n) is 4.57. The number of benzene rings is 3. The fourth-order valence-electron chi connectivity index (χ4n) is 3.13. The van der Waals surface area contributed by atoms with Crippen LogP contribution in [0.1, 0.15) is 22.8 Å². The Morgan fingerprint density at radius 3 is 2.24 bits per heavy atom. The largest absolute Gasteiger partial charge is 0.494 e. The minimum atomic E-state index is -3.73. The lowest BCUT2D eigenvalue weighted by molar-refractivity contribution is 0.102. The summed E-state index contributed by atoms with van der Waals surface area (Å²) in [4.78, 5) is 12.8. The summed E-state index contributed by atoms with van der Waals surface area (Å²) in [6.07, 6.45) is 1.05. The van der Waals surface area contributed by atoms with Crippen molar-refractivity contribution in [3.05, 3.63) is 87.7 Å². The van der Waals surface area contributed by atoms with E-state index in [0.29, 0.717) is 33.7 Å². The van der Waals surface area contributed by atoms with Crippen LogP contribution in [0.3, 0.4) is 0 Å². The van der Waals surface area contributed by atoms with Crippen LogP contribution < -0.4 is 14.4 Å². The van der Waals surface area contributed by atoms with E-state index < -0.39 is 21.7 Å². The third-order valence-corrected chi connectivity index (χ3v) is 6.15. The van der Waals surface area contributed by atoms with Gasteiger partial charge in [0.25, 0.3) is 5.91 Å². The summed E-state index contributed by atoms with van der Waals surface area (Å²) in [6, 6.07) is 14.5. The Kier molecular flexibility index (Phi) is 7.84. The van der Waals surface area contributed by atoms with Crippen molar-refractivity contribution in [2.24, 2.45) is 0 Å². The molecule has 0 unspecified atom stereocenters. The molecule has 174 valence electrons. The molecule has 0 saturated heterocycles. The minimum Gasteiger partial charge on any atom is -0.494 e. The van der Waals surface area contributed by atoms with E-state index in [1.54, 1.807) is 43.3 Å². The van der Waals surface area contributed by atoms with Gasteiger partial charge in [0.05, 0.1) is 25.1 Å². The Hall–Kier alpha value is -2.81. The van der Waals surface area contributed by atoms with E-state index in [2.05, 4.69) is 5.32 Å². The second kappa shape index (κ2) is 10.4. The topological polar surface area (TPSA) is 75.7 Å². The monoisotopic (exact) mass is 510 g/mol. The first kappa shape index (κ1) is 24.8. The average molecular weight is 511 g/mol. The molecule has 0 saturated carbocycles. The molecule has 0 heterocycles. The van der Waals surface area contributed by atoms with Gasteiger partial charge in [-0.3, -0.25) is 9.10 Å². The maximum Gasteiger partial charge on any atom is 0.255 e. The summed E-state index contributed by atoms with van der Waals surface area (Å²) in [7, 11) is -3.73. The van der Waals surface area contributed by atoms with Crippen molar-refractivity contribution in [2.45, 2.75) is 13.5 Å². The van der Waals surface area contributed by atoms with Crippen LogP contribution in [0.15, 0.2) is 60.7 Å². The van der Waals surface area contributed by atoms with Crippen LogP contribution in [-0.2, 0) is 16.6 Å². The van der Waals surface area contributed by atoms with Gasteiger partial charge in [-0.05, 0) is 67.6 Å². The molecule has 1 N–H and O–H groups in total. The van der Waals surface area contributed by atoms with E-state index in [1.165, 1.54) is 24.3 Å². The van der Waals surface area contributed by atoms with Crippen LogP contribution in [0.25, 0.3) is 0 Å². The molecule has 0 fully saturated rings. The van der Waals surface area contributed by atoms with Crippen LogP contribution >= 0.6 is 23.2 Å². The number of nitrogens with zero attached hydrogens (tertiary/aromatic N) is 1. The lowest BCUT2D eigenvalue weighted by Crippen LogP contribution is -2.29. The van der Waals surface area contributed by atoms with Gasteiger partial charge in [-0.2, -0.15) is 0 Å². The fourth-order valence-corrected chi connectivity index (χ4v) is 4.54. The predicted octanol–water partition coefficient (Wildman–Crippen LogP) is 5.75. The highest BCUT2D eigenvalue weighted by Gasteiger charge is 2.21. The number of amides is 1. The van der Waals surface area contributed by atoms with Crippen molar-refractivity contribution in [3.8, 4) is 5.75 Å². The molecule has 0 spiro atoms. The summed E-state index contributed by atoms with van der Waals surface area (Å²) in [6.45, 7) is 2.01. The fraction of sp³-hybridized carbons (Fsp3) is 0.174. The number of rotatable bonds is 8. The van der Waals surface area contributed by atoms with Crippen molar-refractivity contribution in [1.29, 1.82) is 0 Å². The lowest BCUT2D eigenvalue weighted by atomic mass is 10.1. The van der Waals surface area contributed by atoms with Crippen molar-refractivity contribution in [1.82, 2.24) is 0 Å². The second-order valence-electron chi connectivity index (χ2n) is 7.11. The first-order valence-corrected chi connectivity index (χ1v) is 12.4. The highest BCUT2D eigenvalue weighted by molar-refractivity contribution is 7.92. The zero-order chi connectivity index (χ0) is 24.2. The van der Waals surface area contributed by atoms with Crippen LogP contribution in [-0.4, -0.2) is 27.2 Å². The van der Waals surface area contributed by atoms with Gasteiger partial charge in [-0.25, -0.2) is 12.8 Å². The Balaban J connectivity index is 1.96. The van der Waals surface area contributed by atoms with Gasteiger partial charge in [0.2, 0.25) is 10.0 Å². The number of ether oxygens (including phenoxy) is 1. The minimum absolute atomic E-state index is 0.121. The Bertz CT molecular complexity index is 1250. The Labute approximate surface area is 201 Å². The van der Waals surface area contributed by atoms with Crippen molar-refractivity contribution < 1.29 is 22.3 Å². The van der Waals surface area contributed by atoms with Crippen molar-refractivity contribution in [2.75, 3.05) is 22.5 Å². The number of sulfonamides is 1. The molecule has 3 aromatic rings. The Morgan fingerprint density at radius 2 is 1.67 bits per heavy atom. The van der Waals surface area contributed by atoms with Gasteiger partial charge in [0.15, 0.2) is 0 Å². The average Bonchev–Trinajstić information content (AvgIpc) is 2.72. The van der Waals surface area contributed by atoms with E-state index in [4.69, 9.17) is 27.9 Å². The molecule has 10 heteroatoms. The number of hydrogen-bond acceptors (Lipinski definition) is 4. The van der Waals surface area contributed by atoms with Gasteiger partial charge in [-0.15, -0.1) is 0 Å². The summed E-state index contributed by atoms with van der Waals surface area (Å²) in [5, 5.41) is 3.46. The van der Waals surface area contributed by atoms with Crippen molar-refractivity contribution in [3.63, 3.8) is 0 Å². The maximum absolute atomic E-state index is 13.4. The molecule has 0 aliphatic heterocycles. The standard InChI is InChI=1S/C23H21Cl2FN2O4S/c1-3-32-22-9-4-15(23(29)27-20-12-17(24)11-18(25)13-20)10-16(22)14-28(33(2,30)31)21-7-5-19(26)6-8-21/h4-13H,3,14H2,1-2H3,(H,27,29). The quantitative estimate of drug-likeness (QED) is 0.418. The van der Waals surface area contributed by atoms with Gasteiger partial charge in [-0.1, -0.05) is 23.2 Å². The lowest BCUT2D eigenvalue weighted by Gasteiger charge is -2.24. The first-order valence-electron chi connectivity index (χ1n) is 9.83. The maximum atomic E-state index is 13.4.